The predicted octanol–water partition coefficient (Wildman–Crippen LogP) is 3.46. The number of rotatable bonds is 5. The van der Waals surface area contributed by atoms with E-state index in [0.29, 0.717) is 18.8 Å². The van der Waals surface area contributed by atoms with Crippen molar-refractivity contribution >= 4 is 17.0 Å². The maximum Gasteiger partial charge on any atom is 0.343 e. The molecular weight excluding hydrogens is 292 g/mol. The van der Waals surface area contributed by atoms with Gasteiger partial charge in [-0.3, -0.25) is 0 Å². The molecule has 0 aliphatic carbocycles. The molecule has 0 bridgehead atoms. The number of fused-ring (bicyclic) bond motifs is 1. The molecule has 0 unspecified atom stereocenters. The van der Waals surface area contributed by atoms with E-state index in [1.54, 1.807) is 24.3 Å². The third-order valence-corrected chi connectivity index (χ3v) is 3.36. The molecule has 0 saturated carbocycles. The Balaban J connectivity index is 2.51. The minimum Gasteiger partial charge on any atom is -0.422 e. The molecule has 5 nitrogen and oxygen atoms in total. The SMILES string of the molecule is CCCOCc1cc2cc(C=C(C#N)C#N)c(=O)oc2cc1C. The Hall–Kier alpha value is -2.89. The van der Waals surface area contributed by atoms with Crippen LogP contribution in [0, 0.1) is 29.6 Å². The smallest absolute Gasteiger partial charge is 0.343 e. The fraction of sp³-hybridized carbons (Fsp3) is 0.278. The van der Waals surface area contributed by atoms with Gasteiger partial charge in [0.2, 0.25) is 0 Å². The highest BCUT2D eigenvalue weighted by Crippen LogP contribution is 2.21. The van der Waals surface area contributed by atoms with Gasteiger partial charge < -0.3 is 9.15 Å². The van der Waals surface area contributed by atoms with Crippen LogP contribution in [-0.2, 0) is 11.3 Å². The summed E-state index contributed by atoms with van der Waals surface area (Å²) in [6.07, 6.45) is 2.18. The van der Waals surface area contributed by atoms with Gasteiger partial charge in [0.1, 0.15) is 23.3 Å². The van der Waals surface area contributed by atoms with E-state index in [1.165, 1.54) is 6.08 Å². The van der Waals surface area contributed by atoms with E-state index in [0.717, 1.165) is 22.9 Å². The van der Waals surface area contributed by atoms with E-state index in [-0.39, 0.29) is 11.1 Å². The molecule has 116 valence electrons. The van der Waals surface area contributed by atoms with E-state index in [2.05, 4.69) is 0 Å². The van der Waals surface area contributed by atoms with Gasteiger partial charge in [0.25, 0.3) is 0 Å². The molecule has 0 N–H and O–H groups in total. The summed E-state index contributed by atoms with van der Waals surface area (Å²) >= 11 is 0. The second-order valence-corrected chi connectivity index (χ2v) is 5.14. The Morgan fingerprint density at radius 1 is 1.30 bits per heavy atom. The van der Waals surface area contributed by atoms with Crippen molar-refractivity contribution in [3.05, 3.63) is 50.9 Å². The molecule has 0 aliphatic heterocycles. The monoisotopic (exact) mass is 308 g/mol. The zero-order valence-electron chi connectivity index (χ0n) is 13.0. The average molecular weight is 308 g/mol. The summed E-state index contributed by atoms with van der Waals surface area (Å²) in [5, 5.41) is 18.3. The molecule has 1 aromatic heterocycles. The quantitative estimate of drug-likeness (QED) is 0.479. The molecular formula is C18H16N2O3. The number of nitriles is 2. The zero-order chi connectivity index (χ0) is 16.8. The molecule has 0 fully saturated rings. The summed E-state index contributed by atoms with van der Waals surface area (Å²) in [6.45, 7) is 5.15. The highest BCUT2D eigenvalue weighted by atomic mass is 16.5. The molecule has 23 heavy (non-hydrogen) atoms. The number of benzene rings is 1. The Morgan fingerprint density at radius 2 is 2.04 bits per heavy atom. The van der Waals surface area contributed by atoms with Crippen LogP contribution in [0.15, 0.2) is 33.0 Å². The van der Waals surface area contributed by atoms with Crippen LogP contribution >= 0.6 is 0 Å². The van der Waals surface area contributed by atoms with Gasteiger partial charge in [-0.15, -0.1) is 0 Å². The Bertz CT molecular complexity index is 879. The van der Waals surface area contributed by atoms with Crippen molar-refractivity contribution in [2.24, 2.45) is 0 Å². The second-order valence-electron chi connectivity index (χ2n) is 5.14. The average Bonchev–Trinajstić information content (AvgIpc) is 2.54. The van der Waals surface area contributed by atoms with Crippen molar-refractivity contribution in [3.8, 4) is 12.1 Å². The summed E-state index contributed by atoms with van der Waals surface area (Å²) in [5.41, 5.74) is 1.93. The van der Waals surface area contributed by atoms with E-state index >= 15 is 0 Å². The molecule has 0 amide bonds. The molecule has 0 aliphatic rings. The summed E-state index contributed by atoms with van der Waals surface area (Å²) < 4.78 is 10.8. The number of hydrogen-bond acceptors (Lipinski definition) is 5. The van der Waals surface area contributed by atoms with Crippen LogP contribution in [0.2, 0.25) is 0 Å². The number of ether oxygens (including phenoxy) is 1. The van der Waals surface area contributed by atoms with E-state index in [9.17, 15) is 4.79 Å². The van der Waals surface area contributed by atoms with Crippen LogP contribution in [-0.4, -0.2) is 6.61 Å². The van der Waals surface area contributed by atoms with Crippen LogP contribution in [0.3, 0.4) is 0 Å². The van der Waals surface area contributed by atoms with Crippen molar-refractivity contribution < 1.29 is 9.15 Å². The lowest BCUT2D eigenvalue weighted by molar-refractivity contribution is 0.121. The molecule has 0 atom stereocenters. The first-order valence-corrected chi connectivity index (χ1v) is 7.26. The Kier molecular flexibility index (Phi) is 5.30. The number of nitrogens with zero attached hydrogens (tertiary/aromatic N) is 2. The largest absolute Gasteiger partial charge is 0.422 e. The molecule has 1 heterocycles. The Morgan fingerprint density at radius 3 is 2.70 bits per heavy atom. The standard InChI is InChI=1S/C18H16N2O3/c1-3-4-22-11-16-8-14-7-15(6-13(9-19)10-20)18(21)23-17(14)5-12(16)2/h5-8H,3-4,11H2,1-2H3. The van der Waals surface area contributed by atoms with Gasteiger partial charge in [-0.05, 0) is 48.7 Å². The minimum absolute atomic E-state index is 0.143. The minimum atomic E-state index is -0.574. The number of hydrogen-bond donors (Lipinski definition) is 0. The van der Waals surface area contributed by atoms with Crippen molar-refractivity contribution in [2.75, 3.05) is 6.61 Å². The first kappa shape index (κ1) is 16.5. The highest BCUT2D eigenvalue weighted by Gasteiger charge is 2.08. The van der Waals surface area contributed by atoms with Crippen LogP contribution in [0.25, 0.3) is 17.0 Å². The normalized spacial score (nSPS) is 10.1. The van der Waals surface area contributed by atoms with Crippen LogP contribution in [0.5, 0.6) is 0 Å². The first-order valence-electron chi connectivity index (χ1n) is 7.26. The van der Waals surface area contributed by atoms with Gasteiger partial charge in [0, 0.05) is 12.0 Å². The fourth-order valence-corrected chi connectivity index (χ4v) is 2.16. The molecule has 0 spiro atoms. The third kappa shape index (κ3) is 3.85. The van der Waals surface area contributed by atoms with Gasteiger partial charge in [0.15, 0.2) is 0 Å². The number of aryl methyl sites for hydroxylation is 1. The molecule has 5 heteroatoms. The van der Waals surface area contributed by atoms with Crippen molar-refractivity contribution in [1.29, 1.82) is 10.5 Å². The summed E-state index contributed by atoms with van der Waals surface area (Å²) in [7, 11) is 0. The fourth-order valence-electron chi connectivity index (χ4n) is 2.16. The van der Waals surface area contributed by atoms with Crippen LogP contribution in [0.1, 0.15) is 30.0 Å². The first-order chi connectivity index (χ1) is 11.1. The highest BCUT2D eigenvalue weighted by molar-refractivity contribution is 5.81. The number of allylic oxidation sites excluding steroid dienone is 1. The lowest BCUT2D eigenvalue weighted by Crippen LogP contribution is -2.04. The zero-order valence-corrected chi connectivity index (χ0v) is 13.0. The molecule has 0 radical (unpaired) electrons. The second kappa shape index (κ2) is 7.40. The van der Waals surface area contributed by atoms with Gasteiger partial charge in [0.05, 0.1) is 12.2 Å². The van der Waals surface area contributed by atoms with E-state index < -0.39 is 5.63 Å². The van der Waals surface area contributed by atoms with Crippen LogP contribution in [0.4, 0.5) is 0 Å². The lowest BCUT2D eigenvalue weighted by Gasteiger charge is -2.08. The van der Waals surface area contributed by atoms with Gasteiger partial charge in [-0.2, -0.15) is 10.5 Å². The van der Waals surface area contributed by atoms with Gasteiger partial charge >= 0.3 is 5.63 Å². The summed E-state index contributed by atoms with van der Waals surface area (Å²) in [6, 6.07) is 8.78. The maximum absolute atomic E-state index is 12.0. The molecule has 0 saturated heterocycles. The van der Waals surface area contributed by atoms with Crippen molar-refractivity contribution in [1.82, 2.24) is 0 Å². The van der Waals surface area contributed by atoms with Crippen molar-refractivity contribution in [3.63, 3.8) is 0 Å². The third-order valence-electron chi connectivity index (χ3n) is 3.36. The van der Waals surface area contributed by atoms with Crippen molar-refractivity contribution in [2.45, 2.75) is 26.9 Å². The maximum atomic E-state index is 12.0. The predicted molar refractivity (Wildman–Crippen MR) is 86.4 cm³/mol. The van der Waals surface area contributed by atoms with Gasteiger partial charge in [-0.25, -0.2) is 4.79 Å². The molecule has 1 aromatic carbocycles. The topological polar surface area (TPSA) is 87.0 Å². The van der Waals surface area contributed by atoms with E-state index in [1.807, 2.05) is 19.9 Å². The van der Waals surface area contributed by atoms with Gasteiger partial charge in [-0.1, -0.05) is 6.92 Å². The van der Waals surface area contributed by atoms with Crippen LogP contribution < -0.4 is 5.63 Å². The Labute approximate surface area is 134 Å². The summed E-state index contributed by atoms with van der Waals surface area (Å²) in [5.74, 6) is 0. The summed E-state index contributed by atoms with van der Waals surface area (Å²) in [4.78, 5) is 12.0. The lowest BCUT2D eigenvalue weighted by atomic mass is 10.0. The molecule has 2 rings (SSSR count). The molecule has 2 aromatic rings. The van der Waals surface area contributed by atoms with E-state index in [4.69, 9.17) is 19.7 Å².